The Kier molecular flexibility index (Phi) is 7.70. The van der Waals surface area contributed by atoms with Gasteiger partial charge in [-0.1, -0.05) is 12.6 Å². The number of hydrogen-bond acceptors (Lipinski definition) is 10. The number of carbonyl (C=O) groups excluding carboxylic acids is 1. The fourth-order valence-electron chi connectivity index (χ4n) is 5.11. The minimum Gasteiger partial charge on any atom is -0.507 e. The minimum absolute atomic E-state index is 0.0165. The summed E-state index contributed by atoms with van der Waals surface area (Å²) < 4.78 is 61.9. The predicted octanol–water partition coefficient (Wildman–Crippen LogP) is 2.69. The van der Waals surface area contributed by atoms with E-state index in [1.165, 1.54) is 31.3 Å². The Bertz CT molecular complexity index is 1950. The summed E-state index contributed by atoms with van der Waals surface area (Å²) in [6, 6.07) is 5.42. The van der Waals surface area contributed by atoms with Crippen LogP contribution in [0.4, 0.5) is 14.6 Å². The van der Waals surface area contributed by atoms with Gasteiger partial charge in [0.2, 0.25) is 10.9 Å². The number of rotatable bonds is 6. The molecule has 0 aliphatic carbocycles. The molecular formula is C28H26F2N6O6S. The van der Waals surface area contributed by atoms with Crippen molar-refractivity contribution >= 4 is 32.9 Å². The second-order valence-corrected chi connectivity index (χ2v) is 11.4. The third-order valence-corrected chi connectivity index (χ3v) is 8.40. The lowest BCUT2D eigenvalue weighted by molar-refractivity contribution is -0.126. The molecule has 0 spiro atoms. The lowest BCUT2D eigenvalue weighted by atomic mass is 10.1. The number of aromatic nitrogens is 4. The lowest BCUT2D eigenvalue weighted by Gasteiger charge is -2.40. The number of amides is 1. The van der Waals surface area contributed by atoms with E-state index in [1.54, 1.807) is 16.7 Å². The van der Waals surface area contributed by atoms with Crippen LogP contribution in [0.1, 0.15) is 12.5 Å². The predicted molar refractivity (Wildman–Crippen MR) is 152 cm³/mol. The molecule has 15 heteroatoms. The normalized spacial score (nSPS) is 15.6. The van der Waals surface area contributed by atoms with Crippen molar-refractivity contribution in [2.24, 2.45) is 0 Å². The van der Waals surface area contributed by atoms with E-state index in [9.17, 15) is 27.5 Å². The quantitative estimate of drug-likeness (QED) is 0.255. The summed E-state index contributed by atoms with van der Waals surface area (Å²) >= 11 is 0. The smallest absolute Gasteiger partial charge is 0.355 e. The van der Waals surface area contributed by atoms with Crippen LogP contribution in [0.5, 0.6) is 5.75 Å². The Morgan fingerprint density at radius 2 is 1.93 bits per heavy atom. The van der Waals surface area contributed by atoms with E-state index in [1.807, 2.05) is 0 Å². The summed E-state index contributed by atoms with van der Waals surface area (Å²) in [5, 5.41) is 9.77. The van der Waals surface area contributed by atoms with E-state index >= 15 is 4.39 Å². The van der Waals surface area contributed by atoms with Crippen LogP contribution in [0.15, 0.2) is 59.0 Å². The standard InChI is InChI=1S/C28H26F2N6O6S/c1-5-21(38)34-11-12-35(16(3)14-34)25-17-13-19(30)23(22-18(29)7-6-8-20(22)37)32-26(17)36(28(39)33-25)24-15(2)9-10-31-27(24)43(40,41)42-4/h5-10,13,16,37H,1,11-12,14H2,2-4H3/t16-/m0/s1. The first-order valence-electron chi connectivity index (χ1n) is 12.9. The molecule has 0 radical (unpaired) electrons. The Hall–Kier alpha value is -4.76. The van der Waals surface area contributed by atoms with Gasteiger partial charge in [-0.3, -0.25) is 8.98 Å². The molecule has 1 aromatic carbocycles. The Balaban J connectivity index is 1.87. The van der Waals surface area contributed by atoms with Gasteiger partial charge >= 0.3 is 15.8 Å². The zero-order chi connectivity index (χ0) is 31.2. The van der Waals surface area contributed by atoms with Gasteiger partial charge in [-0.25, -0.2) is 28.1 Å². The summed E-state index contributed by atoms with van der Waals surface area (Å²) in [7, 11) is -3.55. The molecule has 1 aliphatic heterocycles. The molecule has 43 heavy (non-hydrogen) atoms. The van der Waals surface area contributed by atoms with E-state index in [-0.39, 0.29) is 53.6 Å². The maximum atomic E-state index is 15.8. The maximum Gasteiger partial charge on any atom is 0.355 e. The van der Waals surface area contributed by atoms with Crippen molar-refractivity contribution in [3.63, 3.8) is 0 Å². The SMILES string of the molecule is C=CC(=O)N1CCN(c2nc(=O)n(-c3c(C)ccnc3S(=O)(=O)OC)c3nc(-c4c(O)cccc4F)c(F)cc23)[C@@H](C)C1. The first-order valence-corrected chi connectivity index (χ1v) is 14.4. The second kappa shape index (κ2) is 11.1. The fourth-order valence-corrected chi connectivity index (χ4v) is 5.95. The maximum absolute atomic E-state index is 15.8. The number of halogens is 2. The number of piperazine rings is 1. The molecular weight excluding hydrogens is 586 g/mol. The van der Waals surface area contributed by atoms with E-state index < -0.39 is 55.5 Å². The van der Waals surface area contributed by atoms with Crippen LogP contribution in [0, 0.1) is 18.6 Å². The van der Waals surface area contributed by atoms with Crippen LogP contribution in [0.3, 0.4) is 0 Å². The number of phenolic OH excluding ortho intramolecular Hbond substituents is 1. The molecule has 1 atom stereocenters. The molecule has 5 rings (SSSR count). The van der Waals surface area contributed by atoms with Crippen LogP contribution in [0.2, 0.25) is 0 Å². The molecule has 1 N–H and O–H groups in total. The van der Waals surface area contributed by atoms with Gasteiger partial charge in [0, 0.05) is 31.9 Å². The van der Waals surface area contributed by atoms with Crippen LogP contribution < -0.4 is 10.6 Å². The molecule has 4 heterocycles. The molecule has 4 aromatic rings. The third kappa shape index (κ3) is 5.10. The zero-order valence-corrected chi connectivity index (χ0v) is 24.1. The average molecular weight is 613 g/mol. The van der Waals surface area contributed by atoms with Crippen LogP contribution in [-0.4, -0.2) is 76.6 Å². The molecule has 0 unspecified atom stereocenters. The molecule has 1 amide bonds. The number of aromatic hydroxyl groups is 1. The van der Waals surface area contributed by atoms with E-state index in [0.29, 0.717) is 0 Å². The summed E-state index contributed by atoms with van der Waals surface area (Å²) in [5.41, 5.74) is -2.46. The number of anilines is 1. The summed E-state index contributed by atoms with van der Waals surface area (Å²) in [6.45, 7) is 7.51. The van der Waals surface area contributed by atoms with Gasteiger partial charge in [0.05, 0.1) is 23.7 Å². The van der Waals surface area contributed by atoms with Gasteiger partial charge in [-0.2, -0.15) is 13.4 Å². The van der Waals surface area contributed by atoms with Crippen molar-refractivity contribution in [1.82, 2.24) is 24.4 Å². The highest BCUT2D eigenvalue weighted by atomic mass is 32.2. The Morgan fingerprint density at radius 3 is 2.58 bits per heavy atom. The van der Waals surface area contributed by atoms with Gasteiger partial charge in [-0.05, 0) is 49.8 Å². The van der Waals surface area contributed by atoms with Crippen molar-refractivity contribution in [2.45, 2.75) is 24.9 Å². The topological polar surface area (TPSA) is 148 Å². The monoisotopic (exact) mass is 612 g/mol. The number of pyridine rings is 2. The number of carbonyl (C=O) groups is 1. The first kappa shape index (κ1) is 29.7. The van der Waals surface area contributed by atoms with Crippen molar-refractivity contribution in [3.8, 4) is 22.7 Å². The molecule has 3 aromatic heterocycles. The van der Waals surface area contributed by atoms with E-state index in [0.717, 1.165) is 29.9 Å². The van der Waals surface area contributed by atoms with Crippen molar-refractivity contribution < 1.29 is 31.3 Å². The highest BCUT2D eigenvalue weighted by molar-refractivity contribution is 7.86. The Morgan fingerprint density at radius 1 is 1.19 bits per heavy atom. The number of benzene rings is 1. The highest BCUT2D eigenvalue weighted by Gasteiger charge is 2.32. The molecule has 224 valence electrons. The second-order valence-electron chi connectivity index (χ2n) is 9.81. The van der Waals surface area contributed by atoms with Gasteiger partial charge in [-0.15, -0.1) is 0 Å². The number of nitrogens with zero attached hydrogens (tertiary/aromatic N) is 6. The van der Waals surface area contributed by atoms with Gasteiger partial charge in [0.25, 0.3) is 0 Å². The van der Waals surface area contributed by atoms with E-state index in [2.05, 4.69) is 25.7 Å². The fraction of sp³-hybridized carbons (Fsp3) is 0.250. The minimum atomic E-state index is -4.48. The van der Waals surface area contributed by atoms with Crippen LogP contribution in [0.25, 0.3) is 28.0 Å². The molecule has 0 saturated carbocycles. The zero-order valence-electron chi connectivity index (χ0n) is 23.3. The number of hydrogen-bond donors (Lipinski definition) is 1. The average Bonchev–Trinajstić information content (AvgIpc) is 2.97. The molecule has 1 aliphatic rings. The van der Waals surface area contributed by atoms with Gasteiger partial charge in [0.1, 0.15) is 23.1 Å². The van der Waals surface area contributed by atoms with Crippen molar-refractivity contribution in [1.29, 1.82) is 0 Å². The number of phenols is 1. The largest absolute Gasteiger partial charge is 0.507 e. The van der Waals surface area contributed by atoms with Crippen molar-refractivity contribution in [2.75, 3.05) is 31.6 Å². The molecule has 12 nitrogen and oxygen atoms in total. The highest BCUT2D eigenvalue weighted by Crippen LogP contribution is 2.36. The molecule has 1 saturated heterocycles. The lowest BCUT2D eigenvalue weighted by Crippen LogP contribution is -2.54. The van der Waals surface area contributed by atoms with Crippen LogP contribution >= 0.6 is 0 Å². The number of aryl methyl sites for hydroxylation is 1. The first-order chi connectivity index (χ1) is 20.4. The molecule has 1 fully saturated rings. The van der Waals surface area contributed by atoms with E-state index in [4.69, 9.17) is 0 Å². The Labute approximate surface area is 244 Å². The summed E-state index contributed by atoms with van der Waals surface area (Å²) in [5.74, 6) is -2.89. The third-order valence-electron chi connectivity index (χ3n) is 7.19. The van der Waals surface area contributed by atoms with Crippen LogP contribution in [-0.2, 0) is 19.1 Å². The van der Waals surface area contributed by atoms with Gasteiger partial charge < -0.3 is 14.9 Å². The number of fused-ring (bicyclic) bond motifs is 1. The summed E-state index contributed by atoms with van der Waals surface area (Å²) in [4.78, 5) is 41.8. The van der Waals surface area contributed by atoms with Gasteiger partial charge in [0.15, 0.2) is 11.5 Å². The summed E-state index contributed by atoms with van der Waals surface area (Å²) in [6.07, 6.45) is 2.40. The molecule has 0 bridgehead atoms. The van der Waals surface area contributed by atoms with Crippen molar-refractivity contribution in [3.05, 3.63) is 76.9 Å².